The minimum absolute atomic E-state index is 0.763. The Morgan fingerprint density at radius 2 is 1.89 bits per heavy atom. The average Bonchev–Trinajstić information content (AvgIpc) is 2.79. The van der Waals surface area contributed by atoms with Crippen LogP contribution in [0.4, 0.5) is 0 Å². The highest BCUT2D eigenvalue weighted by Gasteiger charge is 2.19. The number of furan rings is 1. The van der Waals surface area contributed by atoms with Crippen molar-refractivity contribution in [3.05, 3.63) is 23.7 Å². The molecule has 1 aliphatic rings. The van der Waals surface area contributed by atoms with Crippen LogP contribution in [0.5, 0.6) is 0 Å². The standard InChI is InChI=1S/C15H27N3O/c1-13(2)11-17-5-7-18(8-6-17)12-15-14(10-16-3)4-9-19-15/h4,9,13,16H,5-8,10-12H2,1-3H3. The number of nitrogens with zero attached hydrogens (tertiary/aromatic N) is 2. The van der Waals surface area contributed by atoms with Crippen LogP contribution in [0.25, 0.3) is 0 Å². The van der Waals surface area contributed by atoms with Gasteiger partial charge in [-0.1, -0.05) is 13.8 Å². The van der Waals surface area contributed by atoms with Crippen LogP contribution in [0.1, 0.15) is 25.2 Å². The lowest BCUT2D eigenvalue weighted by molar-refractivity contribution is 0.111. The zero-order chi connectivity index (χ0) is 13.7. The van der Waals surface area contributed by atoms with E-state index in [2.05, 4.69) is 35.0 Å². The molecular formula is C15H27N3O. The number of nitrogens with one attached hydrogen (secondary N) is 1. The van der Waals surface area contributed by atoms with Crippen molar-refractivity contribution in [2.45, 2.75) is 26.9 Å². The van der Waals surface area contributed by atoms with E-state index in [-0.39, 0.29) is 0 Å². The van der Waals surface area contributed by atoms with Gasteiger partial charge >= 0.3 is 0 Å². The van der Waals surface area contributed by atoms with Crippen LogP contribution in [0.15, 0.2) is 16.7 Å². The fraction of sp³-hybridized carbons (Fsp3) is 0.733. The molecule has 1 N–H and O–H groups in total. The largest absolute Gasteiger partial charge is 0.468 e. The quantitative estimate of drug-likeness (QED) is 0.849. The molecule has 0 amide bonds. The van der Waals surface area contributed by atoms with E-state index in [1.807, 2.05) is 7.05 Å². The van der Waals surface area contributed by atoms with Gasteiger partial charge in [0.1, 0.15) is 5.76 Å². The van der Waals surface area contributed by atoms with E-state index in [1.54, 1.807) is 6.26 Å². The Kier molecular flexibility index (Phi) is 5.43. The first kappa shape index (κ1) is 14.6. The van der Waals surface area contributed by atoms with Crippen molar-refractivity contribution < 1.29 is 4.42 Å². The van der Waals surface area contributed by atoms with E-state index in [0.717, 1.165) is 37.9 Å². The van der Waals surface area contributed by atoms with Crippen molar-refractivity contribution >= 4 is 0 Å². The summed E-state index contributed by atoms with van der Waals surface area (Å²) in [5.74, 6) is 1.88. The van der Waals surface area contributed by atoms with Crippen LogP contribution >= 0.6 is 0 Å². The normalized spacial score (nSPS) is 18.3. The van der Waals surface area contributed by atoms with Gasteiger partial charge in [0.15, 0.2) is 0 Å². The Morgan fingerprint density at radius 3 is 2.53 bits per heavy atom. The maximum absolute atomic E-state index is 5.62. The SMILES string of the molecule is CNCc1ccoc1CN1CCN(CC(C)C)CC1. The number of hydrogen-bond donors (Lipinski definition) is 1. The van der Waals surface area contributed by atoms with Crippen molar-refractivity contribution in [3.63, 3.8) is 0 Å². The summed E-state index contributed by atoms with van der Waals surface area (Å²) in [5, 5.41) is 3.19. The number of piperazine rings is 1. The molecule has 0 atom stereocenters. The van der Waals surface area contributed by atoms with Crippen LogP contribution in [0.2, 0.25) is 0 Å². The van der Waals surface area contributed by atoms with Gasteiger partial charge in [0, 0.05) is 44.8 Å². The van der Waals surface area contributed by atoms with E-state index in [1.165, 1.54) is 25.2 Å². The summed E-state index contributed by atoms with van der Waals surface area (Å²) in [6.07, 6.45) is 1.80. The molecule has 1 fully saturated rings. The molecule has 0 aromatic carbocycles. The Bertz CT molecular complexity index is 367. The third-order valence-corrected chi connectivity index (χ3v) is 3.66. The summed E-state index contributed by atoms with van der Waals surface area (Å²) in [4.78, 5) is 5.06. The van der Waals surface area contributed by atoms with Crippen molar-refractivity contribution in [2.24, 2.45) is 5.92 Å². The average molecular weight is 265 g/mol. The number of rotatable bonds is 6. The van der Waals surface area contributed by atoms with E-state index in [0.29, 0.717) is 0 Å². The molecule has 108 valence electrons. The molecule has 4 heteroatoms. The minimum atomic E-state index is 0.763. The molecule has 2 heterocycles. The zero-order valence-corrected chi connectivity index (χ0v) is 12.5. The predicted molar refractivity (Wildman–Crippen MR) is 78.0 cm³/mol. The molecule has 0 saturated carbocycles. The first-order valence-corrected chi connectivity index (χ1v) is 7.33. The predicted octanol–water partition coefficient (Wildman–Crippen LogP) is 1.77. The molecule has 0 aliphatic carbocycles. The lowest BCUT2D eigenvalue weighted by atomic mass is 10.2. The molecule has 4 nitrogen and oxygen atoms in total. The third-order valence-electron chi connectivity index (χ3n) is 3.66. The van der Waals surface area contributed by atoms with E-state index in [4.69, 9.17) is 4.42 Å². The summed E-state index contributed by atoms with van der Waals surface area (Å²) >= 11 is 0. The third kappa shape index (κ3) is 4.34. The molecule has 1 aromatic rings. The monoisotopic (exact) mass is 265 g/mol. The van der Waals surface area contributed by atoms with Crippen molar-refractivity contribution in [2.75, 3.05) is 39.8 Å². The molecule has 1 saturated heterocycles. The van der Waals surface area contributed by atoms with Gasteiger partial charge in [-0.15, -0.1) is 0 Å². The number of hydrogen-bond acceptors (Lipinski definition) is 4. The topological polar surface area (TPSA) is 31.7 Å². The molecular weight excluding hydrogens is 238 g/mol. The van der Waals surface area contributed by atoms with Crippen LogP contribution in [0, 0.1) is 5.92 Å². The molecule has 0 unspecified atom stereocenters. The van der Waals surface area contributed by atoms with E-state index in [9.17, 15) is 0 Å². The van der Waals surface area contributed by atoms with Crippen LogP contribution in [-0.2, 0) is 13.1 Å². The van der Waals surface area contributed by atoms with Crippen LogP contribution in [0.3, 0.4) is 0 Å². The first-order valence-electron chi connectivity index (χ1n) is 7.33. The molecule has 0 spiro atoms. The van der Waals surface area contributed by atoms with Crippen LogP contribution in [-0.4, -0.2) is 49.6 Å². The van der Waals surface area contributed by atoms with Crippen molar-refractivity contribution in [1.29, 1.82) is 0 Å². The van der Waals surface area contributed by atoms with Gasteiger partial charge < -0.3 is 14.6 Å². The summed E-state index contributed by atoms with van der Waals surface area (Å²) < 4.78 is 5.62. The summed E-state index contributed by atoms with van der Waals surface area (Å²) in [6.45, 7) is 12.3. The Morgan fingerprint density at radius 1 is 1.21 bits per heavy atom. The summed E-state index contributed by atoms with van der Waals surface area (Å²) in [6, 6.07) is 2.07. The van der Waals surface area contributed by atoms with Gasteiger partial charge in [0.05, 0.1) is 12.8 Å². The lowest BCUT2D eigenvalue weighted by Gasteiger charge is -2.35. The fourth-order valence-corrected chi connectivity index (χ4v) is 2.70. The molecule has 19 heavy (non-hydrogen) atoms. The maximum Gasteiger partial charge on any atom is 0.122 e. The highest BCUT2D eigenvalue weighted by Crippen LogP contribution is 2.15. The van der Waals surface area contributed by atoms with E-state index < -0.39 is 0 Å². The van der Waals surface area contributed by atoms with Gasteiger partial charge in [-0.05, 0) is 19.0 Å². The van der Waals surface area contributed by atoms with Crippen molar-refractivity contribution in [3.8, 4) is 0 Å². The lowest BCUT2D eigenvalue weighted by Crippen LogP contribution is -2.46. The van der Waals surface area contributed by atoms with Gasteiger partial charge in [0.25, 0.3) is 0 Å². The second-order valence-electron chi connectivity index (χ2n) is 5.87. The van der Waals surface area contributed by atoms with Gasteiger partial charge in [0.2, 0.25) is 0 Å². The Hall–Kier alpha value is -0.840. The van der Waals surface area contributed by atoms with E-state index >= 15 is 0 Å². The second-order valence-corrected chi connectivity index (χ2v) is 5.87. The second kappa shape index (κ2) is 7.08. The minimum Gasteiger partial charge on any atom is -0.468 e. The zero-order valence-electron chi connectivity index (χ0n) is 12.5. The van der Waals surface area contributed by atoms with Crippen LogP contribution < -0.4 is 5.32 Å². The molecule has 1 aliphatic heterocycles. The smallest absolute Gasteiger partial charge is 0.122 e. The summed E-state index contributed by atoms with van der Waals surface area (Å²) in [5.41, 5.74) is 1.28. The van der Waals surface area contributed by atoms with Gasteiger partial charge in [-0.25, -0.2) is 0 Å². The molecule has 0 radical (unpaired) electrons. The Balaban J connectivity index is 1.80. The van der Waals surface area contributed by atoms with Gasteiger partial charge in [-0.2, -0.15) is 0 Å². The summed E-state index contributed by atoms with van der Waals surface area (Å²) in [7, 11) is 1.97. The van der Waals surface area contributed by atoms with Gasteiger partial charge in [-0.3, -0.25) is 4.90 Å². The highest BCUT2D eigenvalue weighted by atomic mass is 16.3. The van der Waals surface area contributed by atoms with Crippen molar-refractivity contribution in [1.82, 2.24) is 15.1 Å². The highest BCUT2D eigenvalue weighted by molar-refractivity contribution is 5.16. The first-order chi connectivity index (χ1) is 9.19. The molecule has 2 rings (SSSR count). The molecule has 0 bridgehead atoms. The fourth-order valence-electron chi connectivity index (χ4n) is 2.70. The maximum atomic E-state index is 5.62. The molecule has 1 aromatic heterocycles. The Labute approximate surface area is 116 Å².